The fourth-order valence-electron chi connectivity index (χ4n) is 10.5. The van der Waals surface area contributed by atoms with E-state index in [9.17, 15) is 29.6 Å². The quantitative estimate of drug-likeness (QED) is 0.100. The molecule has 0 saturated carbocycles. The zero-order chi connectivity index (χ0) is 46.9. The summed E-state index contributed by atoms with van der Waals surface area (Å²) in [5, 5.41) is 26.7. The van der Waals surface area contributed by atoms with Crippen LogP contribution in [0, 0.1) is 22.0 Å². The third-order valence-electron chi connectivity index (χ3n) is 14.1. The maximum absolute atomic E-state index is 13.7. The number of nitrogens with zero attached hydrogens (tertiary/aromatic N) is 5. The topological polar surface area (TPSA) is 176 Å². The molecule has 0 spiro atoms. The highest BCUT2D eigenvalue weighted by atomic mass is 16.6. The number of allylic oxidation sites excluding steroid dienone is 19. The van der Waals surface area contributed by atoms with Crippen LogP contribution in [0.2, 0.25) is 0 Å². The number of nitrogens with one attached hydrogen (secondary N) is 1. The number of ketones is 2. The van der Waals surface area contributed by atoms with Crippen LogP contribution >= 0.6 is 0 Å². The smallest absolute Gasteiger partial charge is 0.305 e. The predicted molar refractivity (Wildman–Crippen MR) is 255 cm³/mol. The van der Waals surface area contributed by atoms with Crippen LogP contribution in [-0.2, 0) is 24.5 Å². The molecule has 6 heterocycles. The lowest BCUT2D eigenvalue weighted by atomic mass is 9.83. The van der Waals surface area contributed by atoms with E-state index in [1.54, 1.807) is 13.0 Å². The number of para-hydroxylation sites is 1. The number of nitro groups is 1. The highest BCUT2D eigenvalue weighted by Gasteiger charge is 2.43. The molecule has 0 unspecified atom stereocenters. The van der Waals surface area contributed by atoms with Gasteiger partial charge in [0.25, 0.3) is 5.70 Å². The molecule has 0 aromatic heterocycles. The van der Waals surface area contributed by atoms with Crippen molar-refractivity contribution in [1.82, 2.24) is 5.32 Å². The number of anilines is 1. The number of esters is 1. The molecule has 1 saturated heterocycles. The van der Waals surface area contributed by atoms with Gasteiger partial charge in [0.05, 0.1) is 45.7 Å². The number of fused-ring (bicyclic) bond motifs is 6. The second-order valence-electron chi connectivity index (χ2n) is 18.3. The van der Waals surface area contributed by atoms with Crippen LogP contribution in [0.5, 0.6) is 0 Å². The van der Waals surface area contributed by atoms with Crippen LogP contribution in [0.3, 0.4) is 0 Å². The van der Waals surface area contributed by atoms with Gasteiger partial charge in [-0.3, -0.25) is 24.5 Å². The first-order valence-electron chi connectivity index (χ1n) is 22.5. The number of hydrogen-bond acceptors (Lipinski definition) is 12. The Bertz CT molecular complexity index is 3000. The molecule has 0 amide bonds. The van der Waals surface area contributed by atoms with Gasteiger partial charge in [-0.1, -0.05) is 45.9 Å². The van der Waals surface area contributed by atoms with Crippen LogP contribution in [-0.4, -0.2) is 57.9 Å². The molecule has 13 heteroatoms. The molecule has 6 aliphatic heterocycles. The van der Waals surface area contributed by atoms with Crippen LogP contribution in [0.15, 0.2) is 178 Å². The Morgan fingerprint density at radius 1 is 1.00 bits per heavy atom. The fraction of sp³-hybridized carbons (Fsp3) is 0.321. The minimum Gasteiger partial charge on any atom is -0.511 e. The first-order chi connectivity index (χ1) is 31.5. The lowest BCUT2D eigenvalue weighted by Gasteiger charge is -2.27. The molecule has 9 rings (SSSR count). The van der Waals surface area contributed by atoms with E-state index in [0.717, 1.165) is 91.0 Å². The number of aliphatic imine (C=N–C) groups is 3. The Labute approximate surface area is 383 Å². The largest absolute Gasteiger partial charge is 0.511 e. The molecule has 2 atom stereocenters. The van der Waals surface area contributed by atoms with Crippen LogP contribution in [0.1, 0.15) is 86.6 Å². The minimum atomic E-state index is -0.523. The van der Waals surface area contributed by atoms with E-state index < -0.39 is 10.3 Å². The Morgan fingerprint density at radius 2 is 1.74 bits per heavy atom. The predicted octanol–water partition coefficient (Wildman–Crippen LogP) is 9.48. The molecular weight excluding hydrogens is 833 g/mol. The van der Waals surface area contributed by atoms with Gasteiger partial charge >= 0.3 is 5.97 Å². The van der Waals surface area contributed by atoms with Crippen LogP contribution in [0.25, 0.3) is 0 Å². The third kappa shape index (κ3) is 7.36. The van der Waals surface area contributed by atoms with Gasteiger partial charge in [0.15, 0.2) is 11.6 Å². The summed E-state index contributed by atoms with van der Waals surface area (Å²) >= 11 is 0. The highest BCUT2D eigenvalue weighted by molar-refractivity contribution is 6.22. The average Bonchev–Trinajstić information content (AvgIpc) is 4.07. The number of carbonyl (C=O) groups excluding carboxylic acids is 3. The number of rotatable bonds is 10. The van der Waals surface area contributed by atoms with Crippen molar-refractivity contribution in [3.8, 4) is 0 Å². The fourth-order valence-corrected chi connectivity index (χ4v) is 10.5. The normalized spacial score (nSPS) is 24.0. The second kappa shape index (κ2) is 16.6. The van der Waals surface area contributed by atoms with Gasteiger partial charge < -0.3 is 20.1 Å². The molecule has 8 bridgehead atoms. The summed E-state index contributed by atoms with van der Waals surface area (Å²) in [5.74, 6) is -0.787. The zero-order valence-corrected chi connectivity index (χ0v) is 38.5. The van der Waals surface area contributed by atoms with E-state index in [2.05, 4.69) is 37.9 Å². The molecule has 1 aromatic carbocycles. The minimum absolute atomic E-state index is 0.0815. The van der Waals surface area contributed by atoms with Gasteiger partial charge in [0.2, 0.25) is 0 Å². The van der Waals surface area contributed by atoms with E-state index in [1.807, 2.05) is 69.3 Å². The summed E-state index contributed by atoms with van der Waals surface area (Å²) in [7, 11) is 0. The van der Waals surface area contributed by atoms with Crippen molar-refractivity contribution in [1.29, 1.82) is 0 Å². The van der Waals surface area contributed by atoms with E-state index in [1.165, 1.54) is 18.2 Å². The van der Waals surface area contributed by atoms with Crippen molar-refractivity contribution in [2.45, 2.75) is 86.5 Å². The van der Waals surface area contributed by atoms with Gasteiger partial charge in [-0.2, -0.15) is 0 Å². The van der Waals surface area contributed by atoms with Crippen molar-refractivity contribution < 1.29 is 29.2 Å². The lowest BCUT2D eigenvalue weighted by molar-refractivity contribution is -0.419. The standard InChI is InChI=1S/C53H52N6O7/c1-9-34-27(2)38-26-43-49(31(6)60)29(4)40(55-43)24-39-28(3)35(51(56-39)36-23-46(62)50-30(5)41(57-52(36)50)25-42(34)54-38)16-19-48(63)66-21-20-58-44-13-11-10-12-37(44)53(7,8)47(58)18-14-32-22-33(59(64)65)15-17-45(32)61/h10-15,17-18,22,24-26,28,35,56,62H,9,16,19-21,23H2,1-8H3/b32-14+,39-24?,42-25?,43-26?,47-18-,51-36?/t28-,35-/m0/s1. The average molecular weight is 885 g/mol. The Morgan fingerprint density at radius 3 is 2.48 bits per heavy atom. The first-order valence-corrected chi connectivity index (χ1v) is 22.5. The molecule has 13 nitrogen and oxygen atoms in total. The summed E-state index contributed by atoms with van der Waals surface area (Å²) < 4.78 is 5.96. The number of ether oxygens (including phenoxy) is 1. The van der Waals surface area contributed by atoms with E-state index >= 15 is 0 Å². The van der Waals surface area contributed by atoms with Crippen molar-refractivity contribution in [3.05, 3.63) is 179 Å². The maximum Gasteiger partial charge on any atom is 0.305 e. The lowest BCUT2D eigenvalue weighted by Crippen LogP contribution is -2.29. The SMILES string of the molecule is CCC1=C(C)C2=NC1=CC1=C(C)C3=C(O)CC(=C4NC(=CC5=NC(=C2)C(C(C)=O)=C5C)[C@@H](C)[C@@H]4CCC(=O)OCCN2/C(=C\C=C4/C=C([N+](=O)[O-])C=CC4=O)C(C)(C)c4ccccc42)C3=N1. The highest BCUT2D eigenvalue weighted by Crippen LogP contribution is 2.49. The molecular formula is C53H52N6O7. The summed E-state index contributed by atoms with van der Waals surface area (Å²) in [6.45, 7) is 16.3. The zero-order valence-electron chi connectivity index (χ0n) is 38.5. The van der Waals surface area contributed by atoms with Crippen molar-refractivity contribution >= 4 is 40.4 Å². The molecule has 336 valence electrons. The van der Waals surface area contributed by atoms with E-state index in [-0.39, 0.29) is 59.4 Å². The Kier molecular flexibility index (Phi) is 11.1. The molecule has 8 aliphatic rings. The van der Waals surface area contributed by atoms with Crippen molar-refractivity contribution in [2.75, 3.05) is 18.1 Å². The third-order valence-corrected chi connectivity index (χ3v) is 14.1. The van der Waals surface area contributed by atoms with Crippen molar-refractivity contribution in [3.63, 3.8) is 0 Å². The Balaban J connectivity index is 0.998. The molecule has 1 fully saturated rings. The molecule has 1 aromatic rings. The Hall–Kier alpha value is -7.28. The number of carbonyl (C=O) groups is 3. The van der Waals surface area contributed by atoms with Gasteiger partial charge in [-0.05, 0) is 111 Å². The number of benzene rings is 1. The number of aliphatic hydroxyl groups is 1. The molecule has 2 N–H and O–H groups in total. The van der Waals surface area contributed by atoms with Crippen LogP contribution in [0.4, 0.5) is 5.69 Å². The maximum atomic E-state index is 13.7. The monoisotopic (exact) mass is 884 g/mol. The molecule has 0 radical (unpaired) electrons. The van der Waals surface area contributed by atoms with Gasteiger partial charge in [0, 0.05) is 87.3 Å². The number of aliphatic hydroxyl groups excluding tert-OH is 1. The summed E-state index contributed by atoms with van der Waals surface area (Å²) in [6, 6.07) is 7.97. The second-order valence-corrected chi connectivity index (χ2v) is 18.3. The van der Waals surface area contributed by atoms with E-state index in [0.29, 0.717) is 36.4 Å². The molecule has 2 aliphatic carbocycles. The van der Waals surface area contributed by atoms with Crippen LogP contribution < -0.4 is 10.2 Å². The summed E-state index contributed by atoms with van der Waals surface area (Å²) in [6.07, 6.45) is 14.6. The van der Waals surface area contributed by atoms with Crippen molar-refractivity contribution in [2.24, 2.45) is 26.8 Å². The number of Topliss-reactive ketones (excluding diaryl/α,β-unsaturated/α-hetero) is 1. The first kappa shape index (κ1) is 43.9. The molecule has 66 heavy (non-hydrogen) atoms. The van der Waals surface area contributed by atoms with Gasteiger partial charge in [0.1, 0.15) is 12.4 Å². The number of hydrogen-bond donors (Lipinski definition) is 2. The van der Waals surface area contributed by atoms with Gasteiger partial charge in [-0.15, -0.1) is 0 Å². The summed E-state index contributed by atoms with van der Waals surface area (Å²) in [5.41, 5.74) is 14.3. The van der Waals surface area contributed by atoms with Gasteiger partial charge in [-0.25, -0.2) is 15.0 Å². The summed E-state index contributed by atoms with van der Waals surface area (Å²) in [4.78, 5) is 67.8. The van der Waals surface area contributed by atoms with E-state index in [4.69, 9.17) is 19.7 Å².